The number of aromatic nitrogens is 2. The largest absolute Gasteiger partial charge is 0.409 e. The highest BCUT2D eigenvalue weighted by molar-refractivity contribution is 5.97. The molecular weight excluding hydrogens is 228 g/mol. The van der Waals surface area contributed by atoms with Crippen molar-refractivity contribution in [2.45, 2.75) is 18.8 Å². The molecule has 1 saturated carbocycles. The van der Waals surface area contributed by atoms with Crippen LogP contribution in [0.3, 0.4) is 0 Å². The topological polar surface area (TPSA) is 76.4 Å². The maximum absolute atomic E-state index is 8.59. The molecule has 5 nitrogen and oxygen atoms in total. The molecule has 1 aromatic heterocycles. The second-order valence-corrected chi connectivity index (χ2v) is 4.49. The Bertz CT molecular complexity index is 581. The molecule has 3 rings (SSSR count). The fraction of sp³-hybridized carbons (Fsp3) is 0.231. The predicted molar refractivity (Wildman–Crippen MR) is 68.0 cm³/mol. The average molecular weight is 242 g/mol. The fourth-order valence-electron chi connectivity index (χ4n) is 1.92. The first-order valence-electron chi connectivity index (χ1n) is 5.92. The van der Waals surface area contributed by atoms with E-state index in [-0.39, 0.29) is 5.84 Å². The Kier molecular flexibility index (Phi) is 2.51. The molecule has 5 heteroatoms. The van der Waals surface area contributed by atoms with Crippen LogP contribution in [0.15, 0.2) is 41.7 Å². The van der Waals surface area contributed by atoms with Crippen molar-refractivity contribution in [3.63, 3.8) is 0 Å². The molecule has 3 N–H and O–H groups in total. The average Bonchev–Trinajstić information content (AvgIpc) is 3.16. The summed E-state index contributed by atoms with van der Waals surface area (Å²) in [6, 6.07) is 9.48. The third kappa shape index (κ3) is 1.95. The summed E-state index contributed by atoms with van der Waals surface area (Å²) < 4.78 is 1.85. The SMILES string of the molecule is N/C(=N/O)c1ccc(-n2ccc(C3CC3)n2)cc1. The summed E-state index contributed by atoms with van der Waals surface area (Å²) in [7, 11) is 0. The lowest BCUT2D eigenvalue weighted by Crippen LogP contribution is -2.12. The molecule has 1 aliphatic rings. The van der Waals surface area contributed by atoms with E-state index < -0.39 is 0 Å². The molecule has 1 fully saturated rings. The summed E-state index contributed by atoms with van der Waals surface area (Å²) in [6.07, 6.45) is 4.46. The lowest BCUT2D eigenvalue weighted by atomic mass is 10.2. The van der Waals surface area contributed by atoms with Gasteiger partial charge in [0.15, 0.2) is 5.84 Å². The minimum absolute atomic E-state index is 0.112. The molecule has 0 amide bonds. The van der Waals surface area contributed by atoms with E-state index in [1.54, 1.807) is 0 Å². The normalized spacial score (nSPS) is 15.9. The van der Waals surface area contributed by atoms with Crippen molar-refractivity contribution in [1.29, 1.82) is 0 Å². The van der Waals surface area contributed by atoms with Gasteiger partial charge in [0.25, 0.3) is 0 Å². The van der Waals surface area contributed by atoms with Gasteiger partial charge in [-0.15, -0.1) is 0 Å². The standard InChI is InChI=1S/C13H14N4O/c14-13(16-18)10-3-5-11(6-4-10)17-8-7-12(15-17)9-1-2-9/h3-9,18H,1-2H2,(H2,14,16). The number of oxime groups is 1. The van der Waals surface area contributed by atoms with E-state index in [2.05, 4.69) is 16.3 Å². The molecule has 0 aliphatic heterocycles. The van der Waals surface area contributed by atoms with Gasteiger partial charge in [0.1, 0.15) is 0 Å². The zero-order valence-corrected chi connectivity index (χ0v) is 9.82. The number of nitrogens with zero attached hydrogens (tertiary/aromatic N) is 3. The molecule has 0 bridgehead atoms. The number of amidine groups is 1. The number of hydrogen-bond donors (Lipinski definition) is 2. The molecule has 18 heavy (non-hydrogen) atoms. The third-order valence-corrected chi connectivity index (χ3v) is 3.14. The number of rotatable bonds is 3. The van der Waals surface area contributed by atoms with Crippen molar-refractivity contribution in [3.8, 4) is 5.69 Å². The van der Waals surface area contributed by atoms with Gasteiger partial charge in [-0.05, 0) is 43.2 Å². The summed E-state index contributed by atoms with van der Waals surface area (Å²) >= 11 is 0. The molecule has 0 atom stereocenters. The van der Waals surface area contributed by atoms with Crippen LogP contribution in [0, 0.1) is 0 Å². The Morgan fingerprint density at radius 1 is 1.28 bits per heavy atom. The van der Waals surface area contributed by atoms with Crippen LogP contribution in [0.4, 0.5) is 0 Å². The quantitative estimate of drug-likeness (QED) is 0.373. The number of nitrogens with two attached hydrogens (primary N) is 1. The monoisotopic (exact) mass is 242 g/mol. The van der Waals surface area contributed by atoms with Crippen LogP contribution >= 0.6 is 0 Å². The van der Waals surface area contributed by atoms with Crippen molar-refractivity contribution in [3.05, 3.63) is 47.8 Å². The van der Waals surface area contributed by atoms with Crippen LogP contribution in [-0.4, -0.2) is 20.8 Å². The van der Waals surface area contributed by atoms with E-state index >= 15 is 0 Å². The fourth-order valence-corrected chi connectivity index (χ4v) is 1.92. The van der Waals surface area contributed by atoms with Crippen molar-refractivity contribution in [2.75, 3.05) is 0 Å². The maximum atomic E-state index is 8.59. The van der Waals surface area contributed by atoms with Gasteiger partial charge >= 0.3 is 0 Å². The van der Waals surface area contributed by atoms with E-state index in [9.17, 15) is 0 Å². The minimum atomic E-state index is 0.112. The minimum Gasteiger partial charge on any atom is -0.409 e. The maximum Gasteiger partial charge on any atom is 0.170 e. The molecule has 1 heterocycles. The molecular formula is C13H14N4O. The zero-order chi connectivity index (χ0) is 12.5. The first-order valence-corrected chi connectivity index (χ1v) is 5.92. The van der Waals surface area contributed by atoms with Crippen molar-refractivity contribution in [2.24, 2.45) is 10.9 Å². The van der Waals surface area contributed by atoms with E-state index in [1.165, 1.54) is 12.8 Å². The van der Waals surface area contributed by atoms with Crippen LogP contribution in [0.25, 0.3) is 5.69 Å². The van der Waals surface area contributed by atoms with Gasteiger partial charge in [-0.1, -0.05) is 5.16 Å². The van der Waals surface area contributed by atoms with E-state index in [0.717, 1.165) is 11.4 Å². The molecule has 0 saturated heterocycles. The number of hydrogen-bond acceptors (Lipinski definition) is 3. The van der Waals surface area contributed by atoms with Gasteiger partial charge in [0, 0.05) is 17.7 Å². The first-order chi connectivity index (χ1) is 8.78. The Hall–Kier alpha value is -2.30. The Morgan fingerprint density at radius 2 is 2.00 bits per heavy atom. The molecule has 92 valence electrons. The highest BCUT2D eigenvalue weighted by atomic mass is 16.4. The molecule has 1 aliphatic carbocycles. The van der Waals surface area contributed by atoms with Crippen molar-refractivity contribution >= 4 is 5.84 Å². The summed E-state index contributed by atoms with van der Waals surface area (Å²) in [5, 5.41) is 16.1. The van der Waals surface area contributed by atoms with Crippen LogP contribution in [-0.2, 0) is 0 Å². The predicted octanol–water partition coefficient (Wildman–Crippen LogP) is 1.84. The van der Waals surface area contributed by atoms with Crippen LogP contribution in [0.5, 0.6) is 0 Å². The lowest BCUT2D eigenvalue weighted by Gasteiger charge is -2.03. The summed E-state index contributed by atoms with van der Waals surface area (Å²) in [6.45, 7) is 0. The summed E-state index contributed by atoms with van der Waals surface area (Å²) in [4.78, 5) is 0. The molecule has 0 radical (unpaired) electrons. The van der Waals surface area contributed by atoms with Crippen LogP contribution in [0.1, 0.15) is 30.0 Å². The summed E-state index contributed by atoms with van der Waals surface area (Å²) in [5.41, 5.74) is 8.33. The Balaban J connectivity index is 1.87. The third-order valence-electron chi connectivity index (χ3n) is 3.14. The molecule has 1 aromatic carbocycles. The van der Waals surface area contributed by atoms with Gasteiger partial charge in [0.2, 0.25) is 0 Å². The smallest absolute Gasteiger partial charge is 0.170 e. The van der Waals surface area contributed by atoms with Gasteiger partial charge in [-0.3, -0.25) is 0 Å². The summed E-state index contributed by atoms with van der Waals surface area (Å²) in [5.74, 6) is 0.767. The van der Waals surface area contributed by atoms with Gasteiger partial charge < -0.3 is 10.9 Å². The van der Waals surface area contributed by atoms with Gasteiger partial charge in [-0.25, -0.2) is 4.68 Å². The molecule has 0 spiro atoms. The highest BCUT2D eigenvalue weighted by Gasteiger charge is 2.25. The van der Waals surface area contributed by atoms with Crippen LogP contribution < -0.4 is 5.73 Å². The van der Waals surface area contributed by atoms with E-state index in [4.69, 9.17) is 10.9 Å². The lowest BCUT2D eigenvalue weighted by molar-refractivity contribution is 0.318. The van der Waals surface area contributed by atoms with E-state index in [0.29, 0.717) is 11.5 Å². The Labute approximate surface area is 105 Å². The molecule has 2 aromatic rings. The van der Waals surface area contributed by atoms with Gasteiger partial charge in [-0.2, -0.15) is 5.10 Å². The van der Waals surface area contributed by atoms with Gasteiger partial charge in [0.05, 0.1) is 11.4 Å². The van der Waals surface area contributed by atoms with Crippen molar-refractivity contribution < 1.29 is 5.21 Å². The zero-order valence-electron chi connectivity index (χ0n) is 9.82. The van der Waals surface area contributed by atoms with Crippen LogP contribution in [0.2, 0.25) is 0 Å². The Morgan fingerprint density at radius 3 is 2.61 bits per heavy atom. The van der Waals surface area contributed by atoms with Crippen molar-refractivity contribution in [1.82, 2.24) is 9.78 Å². The molecule has 0 unspecified atom stereocenters. The highest BCUT2D eigenvalue weighted by Crippen LogP contribution is 2.38. The second-order valence-electron chi connectivity index (χ2n) is 4.49. The van der Waals surface area contributed by atoms with E-state index in [1.807, 2.05) is 35.1 Å². The second kappa shape index (κ2) is 4.18. The first kappa shape index (κ1) is 10.8. The number of benzene rings is 1.